The molecule has 3 aromatic rings. The van der Waals surface area contributed by atoms with E-state index in [-0.39, 0.29) is 5.91 Å². The van der Waals surface area contributed by atoms with Crippen LogP contribution in [-0.2, 0) is 4.74 Å². The lowest BCUT2D eigenvalue weighted by Gasteiger charge is -2.27. The number of carbonyl (C=O) groups excluding carboxylic acids is 1. The molecule has 31 heavy (non-hydrogen) atoms. The quantitative estimate of drug-likeness (QED) is 0.557. The Morgan fingerprint density at radius 2 is 1.87 bits per heavy atom. The maximum Gasteiger partial charge on any atom is 0.260 e. The topological polar surface area (TPSA) is 48.9 Å². The number of benzene rings is 2. The first-order valence-corrected chi connectivity index (χ1v) is 11.6. The smallest absolute Gasteiger partial charge is 0.260 e. The maximum absolute atomic E-state index is 13.5. The molecular formula is C24H30N4O2S. The standard InChI is InChI=1S/C24H30N4O2S/c1-18-5-10-21-22(17-18)31-24(25-21)28(12-4-11-27-13-15-30-16-14-27)23(29)19-6-8-20(9-7-19)26(2)3/h5-10,17H,4,11-16H2,1-3H3. The second-order valence-corrected chi connectivity index (χ2v) is 9.18. The van der Waals surface area contributed by atoms with E-state index in [1.54, 1.807) is 11.3 Å². The zero-order valence-corrected chi connectivity index (χ0v) is 19.3. The second kappa shape index (κ2) is 9.77. The van der Waals surface area contributed by atoms with Crippen molar-refractivity contribution >= 4 is 38.3 Å². The number of hydrogen-bond donors (Lipinski definition) is 0. The summed E-state index contributed by atoms with van der Waals surface area (Å²) < 4.78 is 6.56. The maximum atomic E-state index is 13.5. The molecule has 0 aliphatic carbocycles. The summed E-state index contributed by atoms with van der Waals surface area (Å²) in [6, 6.07) is 14.0. The van der Waals surface area contributed by atoms with Crippen LogP contribution in [0.1, 0.15) is 22.3 Å². The number of fused-ring (bicyclic) bond motifs is 1. The highest BCUT2D eigenvalue weighted by Crippen LogP contribution is 2.31. The van der Waals surface area contributed by atoms with Crippen molar-refractivity contribution in [2.24, 2.45) is 0 Å². The van der Waals surface area contributed by atoms with Crippen molar-refractivity contribution in [2.75, 3.05) is 63.3 Å². The lowest BCUT2D eigenvalue weighted by Crippen LogP contribution is -2.39. The Kier molecular flexibility index (Phi) is 6.85. The minimum absolute atomic E-state index is 0.00283. The third-order valence-electron chi connectivity index (χ3n) is 5.60. The van der Waals surface area contributed by atoms with E-state index in [0.717, 1.165) is 60.3 Å². The predicted molar refractivity (Wildman–Crippen MR) is 129 cm³/mol. The first kappa shape index (κ1) is 21.7. The van der Waals surface area contributed by atoms with Crippen LogP contribution >= 0.6 is 11.3 Å². The van der Waals surface area contributed by atoms with Gasteiger partial charge in [-0.05, 0) is 55.3 Å². The summed E-state index contributed by atoms with van der Waals surface area (Å²) in [4.78, 5) is 24.6. The van der Waals surface area contributed by atoms with Gasteiger partial charge in [-0.15, -0.1) is 0 Å². The molecule has 1 aliphatic rings. The average Bonchev–Trinajstić information content (AvgIpc) is 3.20. The largest absolute Gasteiger partial charge is 0.379 e. The van der Waals surface area contributed by atoms with Crippen LogP contribution in [0.2, 0.25) is 0 Å². The molecule has 6 nitrogen and oxygen atoms in total. The molecule has 0 bridgehead atoms. The van der Waals surface area contributed by atoms with Crippen molar-refractivity contribution in [3.63, 3.8) is 0 Å². The first-order chi connectivity index (χ1) is 15.0. The minimum Gasteiger partial charge on any atom is -0.379 e. The van der Waals surface area contributed by atoms with Crippen molar-refractivity contribution in [3.8, 4) is 0 Å². The van der Waals surface area contributed by atoms with E-state index in [1.807, 2.05) is 54.2 Å². The van der Waals surface area contributed by atoms with Crippen molar-refractivity contribution in [2.45, 2.75) is 13.3 Å². The molecule has 1 saturated heterocycles. The summed E-state index contributed by atoms with van der Waals surface area (Å²) in [5.74, 6) is 0.00283. The number of aromatic nitrogens is 1. The Morgan fingerprint density at radius 3 is 2.58 bits per heavy atom. The van der Waals surface area contributed by atoms with Gasteiger partial charge < -0.3 is 9.64 Å². The zero-order valence-electron chi connectivity index (χ0n) is 18.5. The van der Waals surface area contributed by atoms with E-state index in [0.29, 0.717) is 12.1 Å². The fourth-order valence-electron chi connectivity index (χ4n) is 3.75. The number of aryl methyl sites for hydroxylation is 1. The molecule has 1 aromatic heterocycles. The van der Waals surface area contributed by atoms with E-state index in [2.05, 4.69) is 24.0 Å². The Morgan fingerprint density at radius 1 is 1.13 bits per heavy atom. The van der Waals surface area contributed by atoms with Gasteiger partial charge in [-0.3, -0.25) is 14.6 Å². The van der Waals surface area contributed by atoms with Gasteiger partial charge >= 0.3 is 0 Å². The van der Waals surface area contributed by atoms with Gasteiger partial charge in [0.2, 0.25) is 0 Å². The van der Waals surface area contributed by atoms with Crippen molar-refractivity contribution in [1.29, 1.82) is 0 Å². The normalized spacial score (nSPS) is 14.7. The molecule has 0 unspecified atom stereocenters. The van der Waals surface area contributed by atoms with E-state index >= 15 is 0 Å². The van der Waals surface area contributed by atoms with Gasteiger partial charge in [-0.25, -0.2) is 4.98 Å². The number of ether oxygens (including phenoxy) is 1. The van der Waals surface area contributed by atoms with Crippen LogP contribution in [0.4, 0.5) is 10.8 Å². The lowest BCUT2D eigenvalue weighted by molar-refractivity contribution is 0.0376. The molecule has 2 aromatic carbocycles. The van der Waals surface area contributed by atoms with Crippen LogP contribution in [0.3, 0.4) is 0 Å². The molecule has 0 saturated carbocycles. The number of rotatable bonds is 7. The Hall–Kier alpha value is -2.48. The summed E-state index contributed by atoms with van der Waals surface area (Å²) in [6.45, 7) is 7.18. The summed E-state index contributed by atoms with van der Waals surface area (Å²) in [7, 11) is 4.00. The highest BCUT2D eigenvalue weighted by molar-refractivity contribution is 7.22. The van der Waals surface area contributed by atoms with Gasteiger partial charge in [-0.2, -0.15) is 0 Å². The molecule has 2 heterocycles. The third kappa shape index (κ3) is 5.23. The molecule has 7 heteroatoms. The van der Waals surface area contributed by atoms with Crippen LogP contribution in [0.5, 0.6) is 0 Å². The van der Waals surface area contributed by atoms with Gasteiger partial charge in [0.15, 0.2) is 5.13 Å². The summed E-state index contributed by atoms with van der Waals surface area (Å²) in [6.07, 6.45) is 0.899. The average molecular weight is 439 g/mol. The SMILES string of the molecule is Cc1ccc2nc(N(CCCN3CCOCC3)C(=O)c3ccc(N(C)C)cc3)sc2c1. The molecule has 0 N–H and O–H groups in total. The fraction of sp³-hybridized carbons (Fsp3) is 0.417. The van der Waals surface area contributed by atoms with Crippen LogP contribution in [0, 0.1) is 6.92 Å². The van der Waals surface area contributed by atoms with Gasteiger partial charge in [-0.1, -0.05) is 17.4 Å². The van der Waals surface area contributed by atoms with Crippen molar-refractivity contribution in [3.05, 3.63) is 53.6 Å². The van der Waals surface area contributed by atoms with E-state index in [9.17, 15) is 4.79 Å². The summed E-state index contributed by atoms with van der Waals surface area (Å²) >= 11 is 1.59. The van der Waals surface area contributed by atoms with Crippen LogP contribution < -0.4 is 9.80 Å². The molecule has 0 atom stereocenters. The Bertz CT molecular complexity index is 1030. The number of anilines is 2. The van der Waals surface area contributed by atoms with E-state index in [1.165, 1.54) is 5.56 Å². The van der Waals surface area contributed by atoms with Gasteiger partial charge in [0.05, 0.1) is 23.4 Å². The number of nitrogens with zero attached hydrogens (tertiary/aromatic N) is 4. The summed E-state index contributed by atoms with van der Waals surface area (Å²) in [5, 5.41) is 0.768. The number of amides is 1. The van der Waals surface area contributed by atoms with E-state index in [4.69, 9.17) is 9.72 Å². The molecule has 1 aliphatic heterocycles. The lowest BCUT2D eigenvalue weighted by atomic mass is 10.1. The highest BCUT2D eigenvalue weighted by atomic mass is 32.1. The van der Waals surface area contributed by atoms with Crippen LogP contribution in [0.25, 0.3) is 10.2 Å². The van der Waals surface area contributed by atoms with E-state index < -0.39 is 0 Å². The van der Waals surface area contributed by atoms with Crippen molar-refractivity contribution < 1.29 is 9.53 Å². The molecule has 4 rings (SSSR count). The summed E-state index contributed by atoms with van der Waals surface area (Å²) in [5.41, 5.74) is 3.91. The second-order valence-electron chi connectivity index (χ2n) is 8.17. The monoisotopic (exact) mass is 438 g/mol. The van der Waals surface area contributed by atoms with Crippen LogP contribution in [0.15, 0.2) is 42.5 Å². The minimum atomic E-state index is 0.00283. The number of carbonyl (C=O) groups is 1. The third-order valence-corrected chi connectivity index (χ3v) is 6.64. The molecule has 0 spiro atoms. The number of hydrogen-bond acceptors (Lipinski definition) is 6. The molecule has 1 fully saturated rings. The molecule has 164 valence electrons. The Balaban J connectivity index is 1.56. The molecule has 0 radical (unpaired) electrons. The predicted octanol–water partition coefficient (Wildman–Crippen LogP) is 4.04. The van der Waals surface area contributed by atoms with Crippen LogP contribution in [-0.4, -0.2) is 69.3 Å². The Labute approximate surface area is 188 Å². The van der Waals surface area contributed by atoms with Gasteiger partial charge in [0.25, 0.3) is 5.91 Å². The highest BCUT2D eigenvalue weighted by Gasteiger charge is 2.22. The van der Waals surface area contributed by atoms with Crippen molar-refractivity contribution in [1.82, 2.24) is 9.88 Å². The molecular weight excluding hydrogens is 408 g/mol. The first-order valence-electron chi connectivity index (χ1n) is 10.8. The fourth-order valence-corrected chi connectivity index (χ4v) is 4.84. The number of morpholine rings is 1. The zero-order chi connectivity index (χ0) is 21.8. The van der Waals surface area contributed by atoms with Gasteiger partial charge in [0.1, 0.15) is 0 Å². The number of thiazole rings is 1. The van der Waals surface area contributed by atoms with Gasteiger partial charge in [0, 0.05) is 51.5 Å². The molecule has 1 amide bonds.